The van der Waals surface area contributed by atoms with Gasteiger partial charge in [0.05, 0.1) is 11.1 Å². The largest absolute Gasteiger partial charge is 0.507 e. The van der Waals surface area contributed by atoms with Crippen LogP contribution in [-0.4, -0.2) is 21.2 Å². The normalized spacial score (nSPS) is 10.4. The Bertz CT molecular complexity index is 600. The van der Waals surface area contributed by atoms with Gasteiger partial charge >= 0.3 is 5.97 Å². The number of fused-ring (bicyclic) bond motifs is 1. The summed E-state index contributed by atoms with van der Waals surface area (Å²) in [5, 5.41) is 18.5. The van der Waals surface area contributed by atoms with Crippen molar-refractivity contribution < 1.29 is 15.0 Å². The second kappa shape index (κ2) is 3.13. The molecule has 0 saturated carbocycles. The highest BCUT2D eigenvalue weighted by Gasteiger charge is 2.07. The lowest BCUT2D eigenvalue weighted by Gasteiger charge is -2.01. The zero-order valence-corrected chi connectivity index (χ0v) is 7.52. The molecule has 0 aliphatic heterocycles. The molecule has 0 bridgehead atoms. The number of carboxylic acids is 1. The summed E-state index contributed by atoms with van der Waals surface area (Å²) in [6, 6.07) is 5.12. The number of hydrogen-bond acceptors (Lipinski definition) is 3. The van der Waals surface area contributed by atoms with Gasteiger partial charge in [-0.2, -0.15) is 0 Å². The van der Waals surface area contributed by atoms with Crippen LogP contribution in [0, 0.1) is 0 Å². The van der Waals surface area contributed by atoms with E-state index in [0.717, 1.165) is 6.07 Å². The Morgan fingerprint density at radius 3 is 2.67 bits per heavy atom. The molecule has 5 heteroatoms. The monoisotopic (exact) mass is 205 g/mol. The summed E-state index contributed by atoms with van der Waals surface area (Å²) in [4.78, 5) is 24.1. The maximum atomic E-state index is 11.0. The van der Waals surface area contributed by atoms with Crippen molar-refractivity contribution in [2.24, 2.45) is 0 Å². The summed E-state index contributed by atoms with van der Waals surface area (Å²) in [5.41, 5.74) is 0.0397. The molecule has 0 atom stereocenters. The zero-order chi connectivity index (χ0) is 11.0. The summed E-state index contributed by atoms with van der Waals surface area (Å²) in [6.45, 7) is 0. The van der Waals surface area contributed by atoms with Crippen molar-refractivity contribution in [3.8, 4) is 5.75 Å². The van der Waals surface area contributed by atoms with Gasteiger partial charge in [-0.05, 0) is 18.2 Å². The average molecular weight is 205 g/mol. The number of H-pyrrole nitrogens is 1. The van der Waals surface area contributed by atoms with E-state index in [-0.39, 0.29) is 11.3 Å². The number of carbonyl (C=O) groups is 1. The van der Waals surface area contributed by atoms with Crippen molar-refractivity contribution in [2.75, 3.05) is 0 Å². The van der Waals surface area contributed by atoms with E-state index >= 15 is 0 Å². The van der Waals surface area contributed by atoms with Crippen molar-refractivity contribution in [3.63, 3.8) is 0 Å². The van der Waals surface area contributed by atoms with Crippen LogP contribution in [0.4, 0.5) is 0 Å². The minimum atomic E-state index is -1.08. The molecule has 5 nitrogen and oxygen atoms in total. The third-order valence-electron chi connectivity index (χ3n) is 2.07. The molecule has 1 aromatic carbocycles. The lowest BCUT2D eigenvalue weighted by Crippen LogP contribution is -2.04. The summed E-state index contributed by atoms with van der Waals surface area (Å²) < 4.78 is 0. The van der Waals surface area contributed by atoms with Crippen molar-refractivity contribution in [1.82, 2.24) is 4.98 Å². The first kappa shape index (κ1) is 9.26. The van der Waals surface area contributed by atoms with Gasteiger partial charge in [0.2, 0.25) is 0 Å². The van der Waals surface area contributed by atoms with Crippen LogP contribution in [0.3, 0.4) is 0 Å². The number of aromatic amines is 1. The van der Waals surface area contributed by atoms with Crippen LogP contribution >= 0.6 is 0 Å². The second-order valence-corrected chi connectivity index (χ2v) is 3.08. The Labute approximate surface area is 83.6 Å². The first-order valence-electron chi connectivity index (χ1n) is 4.17. The number of rotatable bonds is 1. The van der Waals surface area contributed by atoms with Gasteiger partial charge in [0, 0.05) is 11.5 Å². The Kier molecular flexibility index (Phi) is 1.93. The van der Waals surface area contributed by atoms with E-state index in [0.29, 0.717) is 10.9 Å². The highest BCUT2D eigenvalue weighted by Crippen LogP contribution is 2.21. The first-order chi connectivity index (χ1) is 7.08. The number of aromatic carboxylic acids is 1. The standard InChI is InChI=1S/C10H7NO4/c12-8-4-9(13)11-7-2-1-5(10(14)15)3-6(7)8/h1-4H,(H,14,15)(H2,11,12,13). The molecule has 0 radical (unpaired) electrons. The number of carboxylic acid groups (broad SMARTS) is 1. The minimum absolute atomic E-state index is 0.0600. The van der Waals surface area contributed by atoms with Crippen LogP contribution in [0.15, 0.2) is 29.1 Å². The summed E-state index contributed by atoms with van der Waals surface area (Å²) in [7, 11) is 0. The fourth-order valence-corrected chi connectivity index (χ4v) is 1.37. The van der Waals surface area contributed by atoms with Gasteiger partial charge in [0.15, 0.2) is 0 Å². The summed E-state index contributed by atoms with van der Waals surface area (Å²) >= 11 is 0. The second-order valence-electron chi connectivity index (χ2n) is 3.08. The molecule has 15 heavy (non-hydrogen) atoms. The molecular weight excluding hydrogens is 198 g/mol. The van der Waals surface area contributed by atoms with E-state index in [9.17, 15) is 14.7 Å². The molecule has 0 fully saturated rings. The Balaban J connectivity index is 2.82. The van der Waals surface area contributed by atoms with Crippen molar-refractivity contribution in [3.05, 3.63) is 40.2 Å². The van der Waals surface area contributed by atoms with Gasteiger partial charge in [-0.3, -0.25) is 4.79 Å². The lowest BCUT2D eigenvalue weighted by molar-refractivity contribution is 0.0697. The van der Waals surface area contributed by atoms with Crippen LogP contribution in [0.5, 0.6) is 5.75 Å². The Hall–Kier alpha value is -2.30. The molecule has 2 rings (SSSR count). The number of aromatic nitrogens is 1. The predicted molar refractivity (Wildman–Crippen MR) is 53.2 cm³/mol. The Morgan fingerprint density at radius 1 is 1.27 bits per heavy atom. The van der Waals surface area contributed by atoms with Gasteiger partial charge in [-0.15, -0.1) is 0 Å². The number of benzene rings is 1. The molecule has 0 aliphatic carbocycles. The highest BCUT2D eigenvalue weighted by atomic mass is 16.4. The fourth-order valence-electron chi connectivity index (χ4n) is 1.37. The highest BCUT2D eigenvalue weighted by molar-refractivity contribution is 5.95. The molecule has 0 saturated heterocycles. The van der Waals surface area contributed by atoms with E-state index < -0.39 is 11.5 Å². The number of hydrogen-bond donors (Lipinski definition) is 3. The van der Waals surface area contributed by atoms with E-state index in [2.05, 4.69) is 4.98 Å². The molecule has 0 spiro atoms. The first-order valence-corrected chi connectivity index (χ1v) is 4.17. The van der Waals surface area contributed by atoms with Gasteiger partial charge in [-0.1, -0.05) is 0 Å². The average Bonchev–Trinajstić information content (AvgIpc) is 2.16. The van der Waals surface area contributed by atoms with Gasteiger partial charge in [-0.25, -0.2) is 4.79 Å². The van der Waals surface area contributed by atoms with E-state index in [1.165, 1.54) is 18.2 Å². The number of pyridine rings is 1. The molecule has 2 aromatic rings. The number of nitrogens with one attached hydrogen (secondary N) is 1. The molecule has 0 unspecified atom stereocenters. The van der Waals surface area contributed by atoms with E-state index in [4.69, 9.17) is 5.11 Å². The lowest BCUT2D eigenvalue weighted by atomic mass is 10.1. The van der Waals surface area contributed by atoms with E-state index in [1.807, 2.05) is 0 Å². The minimum Gasteiger partial charge on any atom is -0.507 e. The molecule has 1 aromatic heterocycles. The molecule has 3 N–H and O–H groups in total. The summed E-state index contributed by atoms with van der Waals surface area (Å²) in [5.74, 6) is -1.31. The Morgan fingerprint density at radius 2 is 2.00 bits per heavy atom. The fraction of sp³-hybridized carbons (Fsp3) is 0. The number of aromatic hydroxyl groups is 1. The maximum Gasteiger partial charge on any atom is 0.335 e. The quantitative estimate of drug-likeness (QED) is 0.646. The van der Waals surface area contributed by atoms with Crippen LogP contribution < -0.4 is 5.56 Å². The van der Waals surface area contributed by atoms with Gasteiger partial charge in [0.25, 0.3) is 5.56 Å². The molecular formula is C10H7NO4. The molecule has 0 aliphatic rings. The molecule has 1 heterocycles. The topological polar surface area (TPSA) is 90.4 Å². The molecule has 0 amide bonds. The van der Waals surface area contributed by atoms with E-state index in [1.54, 1.807) is 0 Å². The third-order valence-corrected chi connectivity index (χ3v) is 2.07. The zero-order valence-electron chi connectivity index (χ0n) is 7.52. The SMILES string of the molecule is O=C(O)c1ccc2[nH]c(=O)cc(O)c2c1. The van der Waals surface area contributed by atoms with Crippen LogP contribution in [0.2, 0.25) is 0 Å². The van der Waals surface area contributed by atoms with Gasteiger partial charge in [0.1, 0.15) is 5.75 Å². The van der Waals surface area contributed by atoms with Crippen LogP contribution in [0.1, 0.15) is 10.4 Å². The van der Waals surface area contributed by atoms with Crippen LogP contribution in [0.25, 0.3) is 10.9 Å². The molecule has 76 valence electrons. The van der Waals surface area contributed by atoms with Crippen molar-refractivity contribution in [2.45, 2.75) is 0 Å². The smallest absolute Gasteiger partial charge is 0.335 e. The maximum absolute atomic E-state index is 11.0. The van der Waals surface area contributed by atoms with Gasteiger partial charge < -0.3 is 15.2 Å². The van der Waals surface area contributed by atoms with Crippen molar-refractivity contribution >= 4 is 16.9 Å². The van der Waals surface area contributed by atoms with Crippen LogP contribution in [-0.2, 0) is 0 Å². The third kappa shape index (κ3) is 1.54. The summed E-state index contributed by atoms with van der Waals surface area (Å²) in [6.07, 6.45) is 0. The predicted octanol–water partition coefficient (Wildman–Crippen LogP) is 0.932. The van der Waals surface area contributed by atoms with Crippen molar-refractivity contribution in [1.29, 1.82) is 0 Å².